The second-order valence-corrected chi connectivity index (χ2v) is 6.10. The third-order valence-corrected chi connectivity index (χ3v) is 4.52. The van der Waals surface area contributed by atoms with Crippen molar-refractivity contribution in [2.45, 2.75) is 37.8 Å². The van der Waals surface area contributed by atoms with Gasteiger partial charge in [0.2, 0.25) is 0 Å². The lowest BCUT2D eigenvalue weighted by Crippen LogP contribution is -2.30. The van der Waals surface area contributed by atoms with E-state index in [4.69, 9.17) is 0 Å². The van der Waals surface area contributed by atoms with Crippen LogP contribution in [-0.4, -0.2) is 29.2 Å². The number of hydrogen-bond acceptors (Lipinski definition) is 2. The summed E-state index contributed by atoms with van der Waals surface area (Å²) in [4.78, 5) is 2.45. The minimum absolute atomic E-state index is 0.118. The molecular weight excluding hydrogens is 278 g/mol. The van der Waals surface area contributed by atoms with Crippen LogP contribution in [0.1, 0.15) is 36.4 Å². The molecule has 0 amide bonds. The van der Waals surface area contributed by atoms with E-state index >= 15 is 0 Å². The van der Waals surface area contributed by atoms with Gasteiger partial charge in [-0.1, -0.05) is 22.0 Å². The Kier molecular flexibility index (Phi) is 3.24. The summed E-state index contributed by atoms with van der Waals surface area (Å²) in [5.74, 6) is 0. The number of β-amino-alcohol motifs (C(OH)–C–C–N with tert-alkyl or cyclic N) is 1. The lowest BCUT2D eigenvalue weighted by Gasteiger charge is -2.33. The minimum Gasteiger partial charge on any atom is -0.392 e. The molecule has 3 heteroatoms. The maximum Gasteiger partial charge on any atom is 0.0679 e. The Labute approximate surface area is 111 Å². The predicted molar refractivity (Wildman–Crippen MR) is 72.0 cm³/mol. The van der Waals surface area contributed by atoms with Crippen LogP contribution < -0.4 is 0 Å². The summed E-state index contributed by atoms with van der Waals surface area (Å²) in [5, 5.41) is 9.68. The first-order valence-electron chi connectivity index (χ1n) is 6.44. The van der Waals surface area contributed by atoms with E-state index in [2.05, 4.69) is 39.0 Å². The zero-order valence-corrected chi connectivity index (χ0v) is 11.5. The molecule has 0 radical (unpaired) electrons. The Morgan fingerprint density at radius 2 is 2.18 bits per heavy atom. The van der Waals surface area contributed by atoms with Crippen LogP contribution in [0.4, 0.5) is 0 Å². The maximum atomic E-state index is 9.68. The van der Waals surface area contributed by atoms with Gasteiger partial charge in [0, 0.05) is 23.6 Å². The van der Waals surface area contributed by atoms with E-state index < -0.39 is 0 Å². The molecule has 17 heavy (non-hydrogen) atoms. The molecule has 0 aromatic heterocycles. The van der Waals surface area contributed by atoms with Crippen molar-refractivity contribution < 1.29 is 5.11 Å². The highest BCUT2D eigenvalue weighted by Crippen LogP contribution is 2.37. The molecule has 0 spiro atoms. The quantitative estimate of drug-likeness (QED) is 0.861. The molecule has 1 aromatic rings. The summed E-state index contributed by atoms with van der Waals surface area (Å²) in [7, 11) is 0. The molecule has 0 saturated carbocycles. The van der Waals surface area contributed by atoms with Crippen LogP contribution >= 0.6 is 15.9 Å². The average molecular weight is 296 g/mol. The Bertz CT molecular complexity index is 421. The van der Waals surface area contributed by atoms with E-state index in [1.165, 1.54) is 34.9 Å². The molecule has 1 aliphatic carbocycles. The van der Waals surface area contributed by atoms with Gasteiger partial charge in [0.25, 0.3) is 0 Å². The molecule has 1 heterocycles. The average Bonchev–Trinajstić information content (AvgIpc) is 2.75. The molecule has 2 aliphatic rings. The van der Waals surface area contributed by atoms with Gasteiger partial charge in [-0.15, -0.1) is 0 Å². The second kappa shape index (κ2) is 4.71. The third kappa shape index (κ3) is 2.28. The third-order valence-electron chi connectivity index (χ3n) is 4.03. The van der Waals surface area contributed by atoms with Crippen LogP contribution in [0, 0.1) is 0 Å². The van der Waals surface area contributed by atoms with Gasteiger partial charge in [0.15, 0.2) is 0 Å². The van der Waals surface area contributed by atoms with Gasteiger partial charge in [0.1, 0.15) is 0 Å². The molecule has 92 valence electrons. The van der Waals surface area contributed by atoms with E-state index in [0.717, 1.165) is 19.5 Å². The molecule has 1 aliphatic heterocycles. The van der Waals surface area contributed by atoms with Crippen LogP contribution in [-0.2, 0) is 6.42 Å². The topological polar surface area (TPSA) is 23.5 Å². The van der Waals surface area contributed by atoms with E-state index in [9.17, 15) is 5.11 Å². The van der Waals surface area contributed by atoms with Crippen molar-refractivity contribution in [1.82, 2.24) is 4.90 Å². The van der Waals surface area contributed by atoms with Crippen molar-refractivity contribution in [3.8, 4) is 0 Å². The summed E-state index contributed by atoms with van der Waals surface area (Å²) in [6.45, 7) is 1.88. The Balaban J connectivity index is 1.90. The van der Waals surface area contributed by atoms with E-state index in [-0.39, 0.29) is 6.10 Å². The molecule has 2 unspecified atom stereocenters. The van der Waals surface area contributed by atoms with Crippen molar-refractivity contribution >= 4 is 15.9 Å². The number of aliphatic hydroxyl groups excluding tert-OH is 1. The number of fused-ring (bicyclic) bond motifs is 1. The molecule has 2 nitrogen and oxygen atoms in total. The van der Waals surface area contributed by atoms with Gasteiger partial charge in [-0.25, -0.2) is 0 Å². The van der Waals surface area contributed by atoms with Crippen LogP contribution in [0.3, 0.4) is 0 Å². The van der Waals surface area contributed by atoms with Crippen molar-refractivity contribution in [3.05, 3.63) is 33.8 Å². The van der Waals surface area contributed by atoms with Crippen LogP contribution in [0.15, 0.2) is 22.7 Å². The summed E-state index contributed by atoms with van der Waals surface area (Å²) in [6, 6.07) is 7.18. The summed E-state index contributed by atoms with van der Waals surface area (Å²) in [5.41, 5.74) is 2.96. The highest BCUT2D eigenvalue weighted by atomic mass is 79.9. The smallest absolute Gasteiger partial charge is 0.0679 e. The maximum absolute atomic E-state index is 9.68. The molecule has 0 bridgehead atoms. The van der Waals surface area contributed by atoms with Gasteiger partial charge >= 0.3 is 0 Å². The van der Waals surface area contributed by atoms with E-state index in [0.29, 0.717) is 6.04 Å². The summed E-state index contributed by atoms with van der Waals surface area (Å²) < 4.78 is 1.17. The normalized spacial score (nSPS) is 29.3. The zero-order chi connectivity index (χ0) is 11.8. The molecular formula is C14H18BrNO. The van der Waals surface area contributed by atoms with Crippen LogP contribution in [0.2, 0.25) is 0 Å². The van der Waals surface area contributed by atoms with Gasteiger partial charge < -0.3 is 5.11 Å². The summed E-state index contributed by atoms with van der Waals surface area (Å²) in [6.07, 6.45) is 4.52. The van der Waals surface area contributed by atoms with Crippen molar-refractivity contribution in [1.29, 1.82) is 0 Å². The molecule has 2 atom stereocenters. The SMILES string of the molecule is OC1CCN(C2CCCc3ccc(Br)cc32)C1. The van der Waals surface area contributed by atoms with Gasteiger partial charge in [-0.2, -0.15) is 0 Å². The fourth-order valence-electron chi connectivity index (χ4n) is 3.18. The first-order valence-corrected chi connectivity index (χ1v) is 7.24. The summed E-state index contributed by atoms with van der Waals surface area (Å²) >= 11 is 3.57. The number of likely N-dealkylation sites (tertiary alicyclic amines) is 1. The van der Waals surface area contributed by atoms with E-state index in [1.807, 2.05) is 0 Å². The largest absolute Gasteiger partial charge is 0.392 e. The van der Waals surface area contributed by atoms with Crippen molar-refractivity contribution in [2.24, 2.45) is 0 Å². The Morgan fingerprint density at radius 3 is 2.94 bits per heavy atom. The molecule has 3 rings (SSSR count). The number of rotatable bonds is 1. The fraction of sp³-hybridized carbons (Fsp3) is 0.571. The molecule has 1 saturated heterocycles. The first kappa shape index (κ1) is 11.7. The van der Waals surface area contributed by atoms with Gasteiger partial charge in [-0.05, 0) is 48.9 Å². The number of aryl methyl sites for hydroxylation is 1. The number of benzene rings is 1. The van der Waals surface area contributed by atoms with Crippen molar-refractivity contribution in [3.63, 3.8) is 0 Å². The second-order valence-electron chi connectivity index (χ2n) is 5.19. The number of aliphatic hydroxyl groups is 1. The van der Waals surface area contributed by atoms with Crippen LogP contribution in [0.5, 0.6) is 0 Å². The molecule has 1 fully saturated rings. The lowest BCUT2D eigenvalue weighted by molar-refractivity contribution is 0.152. The Morgan fingerprint density at radius 1 is 1.29 bits per heavy atom. The highest BCUT2D eigenvalue weighted by molar-refractivity contribution is 9.10. The zero-order valence-electron chi connectivity index (χ0n) is 9.90. The Hall–Kier alpha value is -0.380. The number of nitrogens with zero attached hydrogens (tertiary/aromatic N) is 1. The lowest BCUT2D eigenvalue weighted by atomic mass is 9.87. The highest BCUT2D eigenvalue weighted by Gasteiger charge is 2.30. The number of halogens is 1. The predicted octanol–water partition coefficient (Wildman–Crippen LogP) is 2.89. The first-order chi connectivity index (χ1) is 8.24. The van der Waals surface area contributed by atoms with Gasteiger partial charge in [-0.3, -0.25) is 4.90 Å². The van der Waals surface area contributed by atoms with Crippen LogP contribution in [0.25, 0.3) is 0 Å². The minimum atomic E-state index is -0.118. The van der Waals surface area contributed by atoms with E-state index in [1.54, 1.807) is 0 Å². The monoisotopic (exact) mass is 295 g/mol. The fourth-order valence-corrected chi connectivity index (χ4v) is 3.55. The standard InChI is InChI=1S/C14H18BrNO/c15-11-5-4-10-2-1-3-14(13(10)8-11)16-7-6-12(17)9-16/h4-5,8,12,14,17H,1-3,6-7,9H2. The van der Waals surface area contributed by atoms with Crippen molar-refractivity contribution in [2.75, 3.05) is 13.1 Å². The number of hydrogen-bond donors (Lipinski definition) is 1. The van der Waals surface area contributed by atoms with Gasteiger partial charge in [0.05, 0.1) is 6.10 Å². The molecule has 1 N–H and O–H groups in total. The molecule has 1 aromatic carbocycles.